The first-order chi connectivity index (χ1) is 8.67. The molecule has 5 nitrogen and oxygen atoms in total. The third kappa shape index (κ3) is 4.29. The Bertz CT molecular complexity index is 444. The normalized spacial score (nSPS) is 9.39. The van der Waals surface area contributed by atoms with E-state index in [0.717, 1.165) is 5.69 Å². The summed E-state index contributed by atoms with van der Waals surface area (Å²) in [5.41, 5.74) is 1.28. The van der Waals surface area contributed by atoms with E-state index in [1.807, 2.05) is 0 Å². The number of carbonyl (C=O) groups is 2. The Hall–Kier alpha value is -2.30. The van der Waals surface area contributed by atoms with Crippen molar-refractivity contribution in [1.29, 1.82) is 0 Å². The molecule has 18 heavy (non-hydrogen) atoms. The monoisotopic (exact) mass is 247 g/mol. The van der Waals surface area contributed by atoms with Gasteiger partial charge in [0.25, 0.3) is 5.91 Å². The van der Waals surface area contributed by atoms with Crippen LogP contribution >= 0.6 is 0 Å². The molecule has 0 atom stereocenters. The highest BCUT2D eigenvalue weighted by Crippen LogP contribution is 2.09. The van der Waals surface area contributed by atoms with E-state index in [4.69, 9.17) is 0 Å². The van der Waals surface area contributed by atoms with Gasteiger partial charge in [-0.05, 0) is 18.2 Å². The Morgan fingerprint density at radius 3 is 2.83 bits per heavy atom. The van der Waals surface area contributed by atoms with Crippen LogP contribution in [-0.4, -0.2) is 32.0 Å². The van der Waals surface area contributed by atoms with Crippen molar-refractivity contribution in [2.75, 3.05) is 25.5 Å². The Morgan fingerprint density at radius 1 is 1.39 bits per heavy atom. The van der Waals surface area contributed by atoms with Gasteiger partial charge in [0.2, 0.25) is 5.91 Å². The molecule has 1 aromatic rings. The highest BCUT2D eigenvalue weighted by molar-refractivity contribution is 5.95. The summed E-state index contributed by atoms with van der Waals surface area (Å²) in [5.74, 6) is -0.282. The molecule has 96 valence electrons. The predicted molar refractivity (Wildman–Crippen MR) is 71.5 cm³/mol. The van der Waals surface area contributed by atoms with E-state index < -0.39 is 0 Å². The van der Waals surface area contributed by atoms with Crippen LogP contribution in [0.3, 0.4) is 0 Å². The summed E-state index contributed by atoms with van der Waals surface area (Å²) in [6.45, 7) is 4.11. The minimum atomic E-state index is -0.158. The molecule has 0 aliphatic rings. The minimum Gasteiger partial charge on any atom is -0.376 e. The van der Waals surface area contributed by atoms with Crippen molar-refractivity contribution in [3.63, 3.8) is 0 Å². The lowest BCUT2D eigenvalue weighted by Crippen LogP contribution is -2.29. The van der Waals surface area contributed by atoms with Crippen LogP contribution in [0.15, 0.2) is 36.9 Å². The van der Waals surface area contributed by atoms with Gasteiger partial charge in [-0.1, -0.05) is 12.1 Å². The number of hydrogen-bond donors (Lipinski definition) is 3. The van der Waals surface area contributed by atoms with Gasteiger partial charge in [-0.15, -0.1) is 6.58 Å². The van der Waals surface area contributed by atoms with Crippen LogP contribution in [-0.2, 0) is 4.79 Å². The maximum absolute atomic E-state index is 11.4. The number of rotatable bonds is 6. The summed E-state index contributed by atoms with van der Waals surface area (Å²) in [6.07, 6.45) is 1.62. The van der Waals surface area contributed by atoms with Crippen LogP contribution in [0.5, 0.6) is 0 Å². The van der Waals surface area contributed by atoms with E-state index in [1.165, 1.54) is 0 Å². The first kappa shape index (κ1) is 13.8. The van der Waals surface area contributed by atoms with Gasteiger partial charge in [0.15, 0.2) is 0 Å². The highest BCUT2D eigenvalue weighted by Gasteiger charge is 2.04. The summed E-state index contributed by atoms with van der Waals surface area (Å²) in [6, 6.07) is 6.96. The van der Waals surface area contributed by atoms with Crippen LogP contribution < -0.4 is 16.0 Å². The smallest absolute Gasteiger partial charge is 0.251 e. The fourth-order valence-electron chi connectivity index (χ4n) is 1.35. The van der Waals surface area contributed by atoms with Crippen LogP contribution in [0.25, 0.3) is 0 Å². The number of nitrogens with one attached hydrogen (secondary N) is 3. The molecule has 0 fully saturated rings. The molecule has 1 rings (SSSR count). The second-order valence-corrected chi connectivity index (χ2v) is 3.61. The van der Waals surface area contributed by atoms with Gasteiger partial charge in [-0.25, -0.2) is 0 Å². The number of amides is 2. The number of hydrogen-bond acceptors (Lipinski definition) is 3. The van der Waals surface area contributed by atoms with E-state index in [0.29, 0.717) is 12.1 Å². The molecule has 0 heterocycles. The molecule has 5 heteroatoms. The van der Waals surface area contributed by atoms with Crippen molar-refractivity contribution < 1.29 is 9.59 Å². The predicted octanol–water partition coefficient (Wildman–Crippen LogP) is 0.760. The van der Waals surface area contributed by atoms with Gasteiger partial charge >= 0.3 is 0 Å². The Balaban J connectivity index is 2.54. The zero-order valence-electron chi connectivity index (χ0n) is 10.3. The Morgan fingerprint density at radius 2 is 2.17 bits per heavy atom. The summed E-state index contributed by atoms with van der Waals surface area (Å²) in [4.78, 5) is 22.8. The third-order valence-corrected chi connectivity index (χ3v) is 2.25. The van der Waals surface area contributed by atoms with Crippen molar-refractivity contribution in [3.8, 4) is 0 Å². The van der Waals surface area contributed by atoms with Gasteiger partial charge in [-0.3, -0.25) is 9.59 Å². The van der Waals surface area contributed by atoms with Gasteiger partial charge in [-0.2, -0.15) is 0 Å². The molecule has 2 amide bonds. The first-order valence-electron chi connectivity index (χ1n) is 5.61. The van der Waals surface area contributed by atoms with Crippen molar-refractivity contribution in [3.05, 3.63) is 42.5 Å². The van der Waals surface area contributed by atoms with E-state index >= 15 is 0 Å². The number of benzene rings is 1. The van der Waals surface area contributed by atoms with Gasteiger partial charge < -0.3 is 16.0 Å². The topological polar surface area (TPSA) is 70.2 Å². The number of anilines is 1. The zero-order chi connectivity index (χ0) is 13.4. The molecule has 0 bridgehead atoms. The second kappa shape index (κ2) is 7.11. The maximum Gasteiger partial charge on any atom is 0.251 e. The van der Waals surface area contributed by atoms with Gasteiger partial charge in [0, 0.05) is 24.8 Å². The molecule has 0 radical (unpaired) electrons. The standard InChI is InChI=1S/C13H17N3O2/c1-3-7-15-12(17)9-16-11-6-4-5-10(8-11)13(18)14-2/h3-6,8,16H,1,7,9H2,2H3,(H,14,18)(H,15,17). The molecule has 0 unspecified atom stereocenters. The largest absolute Gasteiger partial charge is 0.376 e. The summed E-state index contributed by atoms with van der Waals surface area (Å²) in [7, 11) is 1.57. The molecular weight excluding hydrogens is 230 g/mol. The molecular formula is C13H17N3O2. The van der Waals surface area contributed by atoms with Crippen LogP contribution in [0.1, 0.15) is 10.4 Å². The van der Waals surface area contributed by atoms with Crippen molar-refractivity contribution in [1.82, 2.24) is 10.6 Å². The van der Waals surface area contributed by atoms with E-state index in [1.54, 1.807) is 37.4 Å². The summed E-state index contributed by atoms with van der Waals surface area (Å²) >= 11 is 0. The minimum absolute atomic E-state index is 0.125. The molecule has 0 aliphatic carbocycles. The molecule has 0 aromatic heterocycles. The lowest BCUT2D eigenvalue weighted by atomic mass is 10.2. The Kier molecular flexibility index (Phi) is 5.44. The van der Waals surface area contributed by atoms with Crippen molar-refractivity contribution in [2.45, 2.75) is 0 Å². The van der Waals surface area contributed by atoms with E-state index in [2.05, 4.69) is 22.5 Å². The lowest BCUT2D eigenvalue weighted by molar-refractivity contribution is -0.119. The van der Waals surface area contributed by atoms with Crippen LogP contribution in [0, 0.1) is 0 Å². The fourth-order valence-corrected chi connectivity index (χ4v) is 1.35. The highest BCUT2D eigenvalue weighted by atomic mass is 16.2. The van der Waals surface area contributed by atoms with Crippen LogP contribution in [0.2, 0.25) is 0 Å². The van der Waals surface area contributed by atoms with Crippen molar-refractivity contribution >= 4 is 17.5 Å². The van der Waals surface area contributed by atoms with Crippen molar-refractivity contribution in [2.24, 2.45) is 0 Å². The SMILES string of the molecule is C=CCNC(=O)CNc1cccc(C(=O)NC)c1. The second-order valence-electron chi connectivity index (χ2n) is 3.61. The van der Waals surface area contributed by atoms with E-state index in [-0.39, 0.29) is 18.4 Å². The maximum atomic E-state index is 11.4. The van der Waals surface area contributed by atoms with Gasteiger partial charge in [0.05, 0.1) is 6.54 Å². The first-order valence-corrected chi connectivity index (χ1v) is 5.61. The average molecular weight is 247 g/mol. The number of carbonyl (C=O) groups excluding carboxylic acids is 2. The quantitative estimate of drug-likeness (QED) is 0.650. The molecule has 0 saturated heterocycles. The zero-order valence-corrected chi connectivity index (χ0v) is 10.3. The molecule has 0 spiro atoms. The molecule has 3 N–H and O–H groups in total. The summed E-state index contributed by atoms with van der Waals surface area (Å²) < 4.78 is 0. The summed E-state index contributed by atoms with van der Waals surface area (Å²) in [5, 5.41) is 8.14. The average Bonchev–Trinajstić information content (AvgIpc) is 2.42. The lowest BCUT2D eigenvalue weighted by Gasteiger charge is -2.07. The van der Waals surface area contributed by atoms with Gasteiger partial charge in [0.1, 0.15) is 0 Å². The third-order valence-electron chi connectivity index (χ3n) is 2.25. The molecule has 0 aliphatic heterocycles. The van der Waals surface area contributed by atoms with E-state index in [9.17, 15) is 9.59 Å². The molecule has 1 aromatic carbocycles. The van der Waals surface area contributed by atoms with Crippen LogP contribution in [0.4, 0.5) is 5.69 Å². The Labute approximate surface area is 106 Å². The fraction of sp³-hybridized carbons (Fsp3) is 0.231. The molecule has 0 saturated carbocycles.